The molecule has 11 rings (SSSR count). The van der Waals surface area contributed by atoms with E-state index < -0.39 is 0 Å². The summed E-state index contributed by atoms with van der Waals surface area (Å²) in [5, 5.41) is 7.21. The van der Waals surface area contributed by atoms with E-state index in [0.717, 1.165) is 40.1 Å². The molecule has 0 spiro atoms. The van der Waals surface area contributed by atoms with E-state index in [1.54, 1.807) is 0 Å². The Labute approximate surface area is 373 Å². The normalized spacial score (nSPS) is 14.8. The van der Waals surface area contributed by atoms with Crippen LogP contribution >= 0.6 is 0 Å². The lowest BCUT2D eigenvalue weighted by atomic mass is 9.90. The number of para-hydroxylation sites is 1. The van der Waals surface area contributed by atoms with Gasteiger partial charge < -0.3 is 13.7 Å². The molecule has 10 aromatic rings. The van der Waals surface area contributed by atoms with Crippen LogP contribution in [-0.2, 0) is 0 Å². The monoisotopic (exact) mass is 821 g/mol. The van der Waals surface area contributed by atoms with E-state index in [1.807, 2.05) is 24.3 Å². The third-order valence-corrected chi connectivity index (χ3v) is 12.9. The highest BCUT2D eigenvalue weighted by atomic mass is 15.0. The van der Waals surface area contributed by atoms with E-state index >= 15 is 0 Å². The van der Waals surface area contributed by atoms with Crippen LogP contribution in [0.4, 0.5) is 0 Å². The van der Waals surface area contributed by atoms with Crippen LogP contribution in [0, 0.1) is 5.92 Å². The fourth-order valence-corrected chi connectivity index (χ4v) is 10.2. The first-order valence-electron chi connectivity index (χ1n) is 22.1. The first-order chi connectivity index (χ1) is 31.6. The molecule has 7 aromatic carbocycles. The van der Waals surface area contributed by atoms with Crippen LogP contribution in [0.15, 0.2) is 238 Å². The molecule has 0 aliphatic heterocycles. The fourth-order valence-electron chi connectivity index (χ4n) is 10.2. The molecule has 3 heterocycles. The smallest absolute Gasteiger partial charge is 0.0641 e. The van der Waals surface area contributed by atoms with E-state index in [2.05, 4.69) is 228 Å². The summed E-state index contributed by atoms with van der Waals surface area (Å²) in [6.07, 6.45) is 22.2. The Kier molecular flexibility index (Phi) is 9.66. The van der Waals surface area contributed by atoms with Crippen molar-refractivity contribution in [2.24, 2.45) is 5.92 Å². The molecule has 1 aliphatic rings. The zero-order valence-corrected chi connectivity index (χ0v) is 36.0. The third-order valence-electron chi connectivity index (χ3n) is 12.9. The van der Waals surface area contributed by atoms with Crippen molar-refractivity contribution in [1.29, 1.82) is 0 Å². The summed E-state index contributed by atoms with van der Waals surface area (Å²) in [5.41, 5.74) is 16.1. The average molecular weight is 822 g/mol. The fraction of sp³-hybridized carbons (Fsp3) is 0.0492. The van der Waals surface area contributed by atoms with Crippen LogP contribution in [0.25, 0.3) is 105 Å². The van der Waals surface area contributed by atoms with Crippen molar-refractivity contribution < 1.29 is 0 Å². The molecule has 1 atom stereocenters. The number of aromatic nitrogens is 3. The first kappa shape index (κ1) is 38.8. The van der Waals surface area contributed by atoms with E-state index in [1.165, 1.54) is 76.7 Å². The Morgan fingerprint density at radius 3 is 1.72 bits per heavy atom. The zero-order chi connectivity index (χ0) is 43.3. The number of fused-ring (bicyclic) bond motifs is 11. The van der Waals surface area contributed by atoms with E-state index in [9.17, 15) is 0 Å². The van der Waals surface area contributed by atoms with Crippen LogP contribution in [0.1, 0.15) is 13.3 Å². The molecule has 0 fully saturated rings. The van der Waals surface area contributed by atoms with Crippen LogP contribution in [0.3, 0.4) is 0 Å². The summed E-state index contributed by atoms with van der Waals surface area (Å²) in [7, 11) is 0. The number of allylic oxidation sites excluding steroid dienone is 13. The lowest BCUT2D eigenvalue weighted by Gasteiger charge is -2.20. The number of rotatable bonds is 10. The number of nitrogens with zero attached hydrogens (tertiary/aromatic N) is 3. The Bertz CT molecular complexity index is 3670. The lowest BCUT2D eigenvalue weighted by Crippen LogP contribution is -2.06. The van der Waals surface area contributed by atoms with Gasteiger partial charge in [-0.25, -0.2) is 0 Å². The van der Waals surface area contributed by atoms with Gasteiger partial charge in [0.2, 0.25) is 0 Å². The highest BCUT2D eigenvalue weighted by Gasteiger charge is 2.26. The topological polar surface area (TPSA) is 14.8 Å². The quantitative estimate of drug-likeness (QED) is 0.122. The maximum absolute atomic E-state index is 4.28. The van der Waals surface area contributed by atoms with Crippen molar-refractivity contribution in [3.8, 4) is 27.9 Å². The number of benzene rings is 7. The SMILES string of the molecule is C=C/C=C(\C=C/C)C1C=C(n2c3ccc(-c4ccccc4)cc3c3c2ccc2c4ccc5c(c6cc(-c7ccccc7)ccc6n5/C(C=C)=C/C=C)c4n(-c4ccccc4)c23)C=CC1. The second-order valence-corrected chi connectivity index (χ2v) is 16.5. The van der Waals surface area contributed by atoms with Crippen molar-refractivity contribution in [3.05, 3.63) is 238 Å². The Morgan fingerprint density at radius 1 is 0.547 bits per heavy atom. The van der Waals surface area contributed by atoms with Crippen molar-refractivity contribution in [2.45, 2.75) is 13.3 Å². The standard InChI is InChI=1S/C61H47N3/c1-5-19-41(20-6-2)44-26-18-29-49(38-44)63-55-35-31-46(43-24-14-10-15-25-43)40-53(55)59-57(63)37-33-51-50-32-36-56-58(60(50)64(61(51)59)48-27-16-11-17-28-48)52-39-45(42-22-12-9-13-23-42)30-34-54(52)62(56)47(8-4)21-7-3/h5-25,27-40,44H,1,3-4,26H2,2H3/b20-6-,41-19+,47-21+. The van der Waals surface area contributed by atoms with Crippen LogP contribution in [0.2, 0.25) is 0 Å². The van der Waals surface area contributed by atoms with Gasteiger partial charge in [0, 0.05) is 55.3 Å². The van der Waals surface area contributed by atoms with E-state index in [0.29, 0.717) is 0 Å². The average Bonchev–Trinajstić information content (AvgIpc) is 3.99. The van der Waals surface area contributed by atoms with Gasteiger partial charge in [-0.3, -0.25) is 0 Å². The van der Waals surface area contributed by atoms with E-state index in [-0.39, 0.29) is 5.92 Å². The molecule has 0 amide bonds. The maximum Gasteiger partial charge on any atom is 0.0641 e. The van der Waals surface area contributed by atoms with Gasteiger partial charge in [-0.15, -0.1) is 0 Å². The minimum Gasteiger partial charge on any atom is -0.309 e. The highest BCUT2D eigenvalue weighted by molar-refractivity contribution is 6.32. The summed E-state index contributed by atoms with van der Waals surface area (Å²) in [6, 6.07) is 55.6. The number of hydrogen-bond donors (Lipinski definition) is 0. The predicted molar refractivity (Wildman–Crippen MR) is 277 cm³/mol. The zero-order valence-electron chi connectivity index (χ0n) is 36.0. The van der Waals surface area contributed by atoms with Gasteiger partial charge in [0.05, 0.1) is 33.1 Å². The minimum absolute atomic E-state index is 0.215. The Balaban J connectivity index is 1.33. The van der Waals surface area contributed by atoms with Gasteiger partial charge in [-0.2, -0.15) is 0 Å². The van der Waals surface area contributed by atoms with Crippen LogP contribution in [-0.4, -0.2) is 13.7 Å². The van der Waals surface area contributed by atoms with Gasteiger partial charge >= 0.3 is 0 Å². The van der Waals surface area contributed by atoms with Gasteiger partial charge in [0.25, 0.3) is 0 Å². The molecule has 0 N–H and O–H groups in total. The van der Waals surface area contributed by atoms with Crippen molar-refractivity contribution >= 4 is 76.8 Å². The highest BCUT2D eigenvalue weighted by Crippen LogP contribution is 2.47. The summed E-state index contributed by atoms with van der Waals surface area (Å²) >= 11 is 0. The van der Waals surface area contributed by atoms with Gasteiger partial charge in [-0.05, 0) is 108 Å². The third kappa shape index (κ3) is 6.12. The molecule has 3 aromatic heterocycles. The largest absolute Gasteiger partial charge is 0.309 e. The van der Waals surface area contributed by atoms with Crippen LogP contribution < -0.4 is 0 Å². The van der Waals surface area contributed by atoms with E-state index in [4.69, 9.17) is 0 Å². The van der Waals surface area contributed by atoms with Crippen LogP contribution in [0.5, 0.6) is 0 Å². The van der Waals surface area contributed by atoms with Crippen molar-refractivity contribution in [2.75, 3.05) is 0 Å². The number of hydrogen-bond acceptors (Lipinski definition) is 0. The molecule has 3 heteroatoms. The molecular formula is C61H47N3. The molecule has 0 saturated heterocycles. The molecular weight excluding hydrogens is 775 g/mol. The molecule has 306 valence electrons. The van der Waals surface area contributed by atoms with Gasteiger partial charge in [-0.1, -0.05) is 165 Å². The Hall–Kier alpha value is -8.14. The minimum atomic E-state index is 0.215. The van der Waals surface area contributed by atoms with Crippen molar-refractivity contribution in [3.63, 3.8) is 0 Å². The summed E-state index contributed by atoms with van der Waals surface area (Å²) < 4.78 is 7.37. The Morgan fingerprint density at radius 2 is 1.11 bits per heavy atom. The molecule has 0 bridgehead atoms. The second kappa shape index (κ2) is 16.0. The predicted octanol–water partition coefficient (Wildman–Crippen LogP) is 16.7. The molecule has 64 heavy (non-hydrogen) atoms. The molecule has 1 aliphatic carbocycles. The van der Waals surface area contributed by atoms with Gasteiger partial charge in [0.15, 0.2) is 0 Å². The first-order valence-corrected chi connectivity index (χ1v) is 22.1. The molecule has 0 radical (unpaired) electrons. The molecule has 3 nitrogen and oxygen atoms in total. The summed E-state index contributed by atoms with van der Waals surface area (Å²) in [5.74, 6) is 0.215. The second-order valence-electron chi connectivity index (χ2n) is 16.5. The lowest BCUT2D eigenvalue weighted by molar-refractivity contribution is 0.784. The summed E-state index contributed by atoms with van der Waals surface area (Å²) in [4.78, 5) is 0. The molecule has 0 saturated carbocycles. The molecule has 1 unspecified atom stereocenters. The van der Waals surface area contributed by atoms with Gasteiger partial charge in [0.1, 0.15) is 0 Å². The van der Waals surface area contributed by atoms with Crippen molar-refractivity contribution in [1.82, 2.24) is 13.7 Å². The summed E-state index contributed by atoms with van der Waals surface area (Å²) in [6.45, 7) is 14.5. The maximum atomic E-state index is 4.28.